The average Bonchev–Trinajstić information content (AvgIpc) is 2.78. The van der Waals surface area contributed by atoms with Crippen LogP contribution in [0, 0.1) is 19.7 Å². The van der Waals surface area contributed by atoms with Crippen molar-refractivity contribution in [2.75, 3.05) is 18.0 Å². The molecular weight excluding hydrogens is 443 g/mol. The zero-order chi connectivity index (χ0) is 24.2. The number of hydrogen-bond acceptors (Lipinski definition) is 4. The summed E-state index contributed by atoms with van der Waals surface area (Å²) in [6, 6.07) is 16.9. The van der Waals surface area contributed by atoms with E-state index in [-0.39, 0.29) is 16.4 Å². The highest BCUT2D eigenvalue weighted by molar-refractivity contribution is 7.92. The highest BCUT2D eigenvalue weighted by atomic mass is 32.2. The van der Waals surface area contributed by atoms with Gasteiger partial charge in [-0.05, 0) is 68.3 Å². The summed E-state index contributed by atoms with van der Waals surface area (Å²) >= 11 is 0. The molecule has 33 heavy (non-hydrogen) atoms. The summed E-state index contributed by atoms with van der Waals surface area (Å²) in [6.45, 7) is 4.98. The number of hydrogen-bond donors (Lipinski definition) is 1. The zero-order valence-electron chi connectivity index (χ0n) is 19.0. The molecule has 0 aromatic heterocycles. The van der Waals surface area contributed by atoms with Gasteiger partial charge in [0.25, 0.3) is 10.0 Å². The summed E-state index contributed by atoms with van der Waals surface area (Å²) in [6.07, 6.45) is 0. The van der Waals surface area contributed by atoms with Crippen molar-refractivity contribution in [3.8, 4) is 5.75 Å². The molecule has 1 amide bonds. The lowest BCUT2D eigenvalue weighted by Crippen LogP contribution is -2.41. The number of benzene rings is 3. The number of aryl methyl sites for hydroxylation is 2. The summed E-state index contributed by atoms with van der Waals surface area (Å²) in [5.41, 5.74) is 2.70. The Kier molecular flexibility index (Phi) is 7.38. The monoisotopic (exact) mass is 470 g/mol. The zero-order valence-corrected chi connectivity index (χ0v) is 19.8. The van der Waals surface area contributed by atoms with E-state index in [1.54, 1.807) is 49.4 Å². The number of amides is 1. The minimum Gasteiger partial charge on any atom is -0.495 e. The molecule has 0 unspecified atom stereocenters. The van der Waals surface area contributed by atoms with Gasteiger partial charge >= 0.3 is 0 Å². The van der Waals surface area contributed by atoms with Crippen LogP contribution in [-0.4, -0.2) is 28.0 Å². The Morgan fingerprint density at radius 1 is 1.00 bits per heavy atom. The number of rotatable bonds is 8. The first-order valence-electron chi connectivity index (χ1n) is 10.4. The Hall–Kier alpha value is -3.39. The molecule has 8 heteroatoms. The average molecular weight is 471 g/mol. The van der Waals surface area contributed by atoms with Gasteiger partial charge in [0.2, 0.25) is 5.91 Å². The molecule has 0 radical (unpaired) electrons. The Morgan fingerprint density at radius 2 is 1.61 bits per heavy atom. The number of anilines is 1. The van der Waals surface area contributed by atoms with Crippen molar-refractivity contribution in [3.63, 3.8) is 0 Å². The number of nitrogens with one attached hydrogen (secondary N) is 1. The fraction of sp³-hybridized carbons (Fsp3) is 0.240. The number of methoxy groups -OCH3 is 1. The molecule has 0 aliphatic heterocycles. The third kappa shape index (κ3) is 5.70. The van der Waals surface area contributed by atoms with Crippen LogP contribution in [0.4, 0.5) is 10.1 Å². The van der Waals surface area contributed by atoms with Crippen molar-refractivity contribution in [3.05, 3.63) is 89.2 Å². The molecule has 3 aromatic rings. The van der Waals surface area contributed by atoms with E-state index in [0.29, 0.717) is 11.3 Å². The number of carbonyl (C=O) groups is 1. The summed E-state index contributed by atoms with van der Waals surface area (Å²) < 4.78 is 46.9. The summed E-state index contributed by atoms with van der Waals surface area (Å²) in [7, 11) is -2.63. The maximum atomic E-state index is 13.6. The van der Waals surface area contributed by atoms with Crippen LogP contribution in [-0.2, 0) is 14.8 Å². The van der Waals surface area contributed by atoms with Gasteiger partial charge in [-0.3, -0.25) is 9.10 Å². The molecule has 0 aliphatic carbocycles. The largest absolute Gasteiger partial charge is 0.495 e. The van der Waals surface area contributed by atoms with Crippen LogP contribution >= 0.6 is 0 Å². The quantitative estimate of drug-likeness (QED) is 0.525. The van der Waals surface area contributed by atoms with Gasteiger partial charge in [-0.2, -0.15) is 0 Å². The lowest BCUT2D eigenvalue weighted by Gasteiger charge is -2.27. The van der Waals surface area contributed by atoms with Crippen LogP contribution in [0.25, 0.3) is 0 Å². The molecule has 3 rings (SSSR count). The number of ether oxygens (including phenoxy) is 1. The third-order valence-corrected chi connectivity index (χ3v) is 7.02. The topological polar surface area (TPSA) is 75.7 Å². The van der Waals surface area contributed by atoms with Crippen LogP contribution in [0.3, 0.4) is 0 Å². The standard InChI is InChI=1S/C25H27FN2O4S/c1-17-5-12-22(13-6-17)33(30,31)28(23-15-18(2)7-14-24(23)32-4)16-25(29)27-19(3)20-8-10-21(26)11-9-20/h5-15,19H,16H2,1-4H3,(H,27,29)/t19-/m0/s1. The van der Waals surface area contributed by atoms with Crippen molar-refractivity contribution < 1.29 is 22.3 Å². The highest BCUT2D eigenvalue weighted by Crippen LogP contribution is 2.33. The number of carbonyl (C=O) groups excluding carboxylic acids is 1. The minimum atomic E-state index is -4.08. The van der Waals surface area contributed by atoms with Gasteiger partial charge in [-0.15, -0.1) is 0 Å². The highest BCUT2D eigenvalue weighted by Gasteiger charge is 2.30. The molecule has 0 spiro atoms. The lowest BCUT2D eigenvalue weighted by molar-refractivity contribution is -0.120. The summed E-state index contributed by atoms with van der Waals surface area (Å²) in [5.74, 6) is -0.555. The van der Waals surface area contributed by atoms with Gasteiger partial charge in [0.1, 0.15) is 18.1 Å². The van der Waals surface area contributed by atoms with Gasteiger partial charge in [0, 0.05) is 0 Å². The number of nitrogens with zero attached hydrogens (tertiary/aromatic N) is 1. The summed E-state index contributed by atoms with van der Waals surface area (Å²) in [4.78, 5) is 13.0. The van der Waals surface area contributed by atoms with Crippen LogP contribution in [0.15, 0.2) is 71.6 Å². The molecule has 3 aromatic carbocycles. The van der Waals surface area contributed by atoms with E-state index in [2.05, 4.69) is 5.32 Å². The summed E-state index contributed by atoms with van der Waals surface area (Å²) in [5, 5.41) is 2.79. The molecule has 0 bridgehead atoms. The van der Waals surface area contributed by atoms with Crippen LogP contribution in [0.5, 0.6) is 5.75 Å². The van der Waals surface area contributed by atoms with Crippen molar-refractivity contribution in [2.45, 2.75) is 31.7 Å². The number of halogens is 1. The normalized spacial score (nSPS) is 12.2. The molecule has 0 saturated carbocycles. The van der Waals surface area contributed by atoms with Gasteiger partial charge < -0.3 is 10.1 Å². The van der Waals surface area contributed by atoms with Crippen molar-refractivity contribution in [2.24, 2.45) is 0 Å². The molecule has 174 valence electrons. The molecular formula is C25H27FN2O4S. The Bertz CT molecular complexity index is 1230. The fourth-order valence-corrected chi connectivity index (χ4v) is 4.81. The van der Waals surface area contributed by atoms with E-state index in [9.17, 15) is 17.6 Å². The lowest BCUT2D eigenvalue weighted by atomic mass is 10.1. The maximum Gasteiger partial charge on any atom is 0.264 e. The second kappa shape index (κ2) is 10.0. The van der Waals surface area contributed by atoms with Gasteiger partial charge in [-0.25, -0.2) is 12.8 Å². The SMILES string of the molecule is COc1ccc(C)cc1N(CC(=O)N[C@@H](C)c1ccc(F)cc1)S(=O)(=O)c1ccc(C)cc1. The molecule has 0 heterocycles. The van der Waals surface area contributed by atoms with E-state index in [0.717, 1.165) is 15.4 Å². The molecule has 6 nitrogen and oxygen atoms in total. The van der Waals surface area contributed by atoms with E-state index in [1.165, 1.54) is 31.4 Å². The fourth-order valence-electron chi connectivity index (χ4n) is 3.38. The van der Waals surface area contributed by atoms with E-state index in [4.69, 9.17) is 4.74 Å². The second-order valence-corrected chi connectivity index (χ2v) is 9.70. The van der Waals surface area contributed by atoms with E-state index in [1.807, 2.05) is 13.8 Å². The second-order valence-electron chi connectivity index (χ2n) is 7.84. The first kappa shape index (κ1) is 24.3. The van der Waals surface area contributed by atoms with Gasteiger partial charge in [0.15, 0.2) is 0 Å². The van der Waals surface area contributed by atoms with Crippen LogP contribution < -0.4 is 14.4 Å². The Morgan fingerprint density at radius 3 is 2.21 bits per heavy atom. The van der Waals surface area contributed by atoms with Crippen molar-refractivity contribution >= 4 is 21.6 Å². The van der Waals surface area contributed by atoms with E-state index < -0.39 is 28.5 Å². The van der Waals surface area contributed by atoms with Crippen molar-refractivity contribution in [1.82, 2.24) is 5.32 Å². The smallest absolute Gasteiger partial charge is 0.264 e. The molecule has 0 aliphatic rings. The first-order valence-corrected chi connectivity index (χ1v) is 11.8. The van der Waals surface area contributed by atoms with Crippen LogP contribution in [0.1, 0.15) is 29.7 Å². The van der Waals surface area contributed by atoms with Crippen molar-refractivity contribution in [1.29, 1.82) is 0 Å². The van der Waals surface area contributed by atoms with E-state index >= 15 is 0 Å². The third-order valence-electron chi connectivity index (χ3n) is 5.25. The predicted molar refractivity (Wildman–Crippen MR) is 126 cm³/mol. The number of sulfonamides is 1. The predicted octanol–water partition coefficient (Wildman–Crippen LogP) is 4.52. The molecule has 0 saturated heterocycles. The Balaban J connectivity index is 1.97. The minimum absolute atomic E-state index is 0.0658. The maximum absolute atomic E-state index is 13.6. The van der Waals surface area contributed by atoms with Gasteiger partial charge in [0.05, 0.1) is 23.7 Å². The first-order chi connectivity index (χ1) is 15.6. The molecule has 0 fully saturated rings. The molecule has 1 N–H and O–H groups in total. The molecule has 1 atom stereocenters. The van der Waals surface area contributed by atoms with Gasteiger partial charge in [-0.1, -0.05) is 35.9 Å². The Labute approximate surface area is 194 Å². The van der Waals surface area contributed by atoms with Crippen LogP contribution in [0.2, 0.25) is 0 Å².